The molecule has 0 bridgehead atoms. The minimum atomic E-state index is -3.96. The molecule has 0 unspecified atom stereocenters. The van der Waals surface area contributed by atoms with Gasteiger partial charge in [-0.15, -0.1) is 0 Å². The Morgan fingerprint density at radius 1 is 1.00 bits per heavy atom. The second-order valence-corrected chi connectivity index (χ2v) is 7.45. The molecule has 0 saturated carbocycles. The summed E-state index contributed by atoms with van der Waals surface area (Å²) >= 11 is 11.7. The molecule has 0 aliphatic rings. The highest BCUT2D eigenvalue weighted by Crippen LogP contribution is 2.28. The Labute approximate surface area is 141 Å². The van der Waals surface area contributed by atoms with Crippen molar-refractivity contribution in [1.82, 2.24) is 3.97 Å². The van der Waals surface area contributed by atoms with Gasteiger partial charge in [0.25, 0.3) is 10.0 Å². The first kappa shape index (κ1) is 15.9. The highest BCUT2D eigenvalue weighted by Gasteiger charge is 2.23. The molecule has 1 N–H and O–H groups in total. The number of halogens is 2. The van der Waals surface area contributed by atoms with Gasteiger partial charge >= 0.3 is 5.97 Å². The number of benzene rings is 2. The maximum Gasteiger partial charge on any atom is 0.337 e. The lowest BCUT2D eigenvalue weighted by Gasteiger charge is -2.07. The molecule has 0 saturated heterocycles. The van der Waals surface area contributed by atoms with E-state index in [9.17, 15) is 18.3 Å². The molecule has 8 heteroatoms. The number of carbonyl (C=O) groups is 1. The van der Waals surface area contributed by atoms with Crippen molar-refractivity contribution >= 4 is 50.1 Å². The van der Waals surface area contributed by atoms with Crippen LogP contribution in [0.1, 0.15) is 10.4 Å². The lowest BCUT2D eigenvalue weighted by Crippen LogP contribution is -2.11. The summed E-state index contributed by atoms with van der Waals surface area (Å²) in [5, 5.41) is 10.3. The third-order valence-corrected chi connectivity index (χ3v) is 5.51. The van der Waals surface area contributed by atoms with Crippen LogP contribution < -0.4 is 0 Å². The fourth-order valence-corrected chi connectivity index (χ4v) is 3.93. The molecule has 5 nitrogen and oxygen atoms in total. The van der Waals surface area contributed by atoms with Gasteiger partial charge in [-0.3, -0.25) is 0 Å². The predicted octanol–water partition coefficient (Wildman–Crippen LogP) is 3.88. The zero-order valence-electron chi connectivity index (χ0n) is 11.4. The normalized spacial score (nSPS) is 11.7. The molecule has 0 spiro atoms. The number of fused-ring (bicyclic) bond motifs is 1. The van der Waals surface area contributed by atoms with Gasteiger partial charge in [0.05, 0.1) is 16.0 Å². The monoisotopic (exact) mass is 369 g/mol. The van der Waals surface area contributed by atoms with Gasteiger partial charge in [-0.1, -0.05) is 23.2 Å². The summed E-state index contributed by atoms with van der Waals surface area (Å²) in [6.07, 6.45) is 1.08. The van der Waals surface area contributed by atoms with E-state index in [0.717, 1.165) is 10.2 Å². The Kier molecular flexibility index (Phi) is 3.83. The van der Waals surface area contributed by atoms with Gasteiger partial charge in [-0.05, 0) is 42.5 Å². The number of hydrogen-bond donors (Lipinski definition) is 1. The Morgan fingerprint density at radius 2 is 1.61 bits per heavy atom. The summed E-state index contributed by atoms with van der Waals surface area (Å²) in [6, 6.07) is 10.0. The fourth-order valence-electron chi connectivity index (χ4n) is 2.26. The molecule has 1 heterocycles. The number of rotatable bonds is 3. The second-order valence-electron chi connectivity index (χ2n) is 4.76. The van der Waals surface area contributed by atoms with Crippen LogP contribution in [-0.2, 0) is 10.0 Å². The van der Waals surface area contributed by atoms with Gasteiger partial charge in [0.2, 0.25) is 0 Å². The fraction of sp³-hybridized carbons (Fsp3) is 0. The molecule has 0 aliphatic heterocycles. The Morgan fingerprint density at radius 3 is 2.22 bits per heavy atom. The van der Waals surface area contributed by atoms with E-state index >= 15 is 0 Å². The van der Waals surface area contributed by atoms with E-state index in [1.165, 1.54) is 42.5 Å². The molecule has 3 rings (SSSR count). The number of hydrogen-bond acceptors (Lipinski definition) is 3. The topological polar surface area (TPSA) is 76.4 Å². The van der Waals surface area contributed by atoms with Crippen LogP contribution in [0.2, 0.25) is 10.0 Å². The van der Waals surface area contributed by atoms with E-state index in [1.54, 1.807) is 0 Å². The van der Waals surface area contributed by atoms with Crippen molar-refractivity contribution in [3.05, 3.63) is 64.3 Å². The van der Waals surface area contributed by atoms with Gasteiger partial charge in [-0.25, -0.2) is 17.2 Å². The second kappa shape index (κ2) is 5.56. The highest BCUT2D eigenvalue weighted by molar-refractivity contribution is 7.90. The van der Waals surface area contributed by atoms with Crippen LogP contribution >= 0.6 is 23.2 Å². The van der Waals surface area contributed by atoms with Crippen LogP contribution in [0.5, 0.6) is 0 Å². The summed E-state index contributed by atoms with van der Waals surface area (Å²) in [7, 11) is -3.96. The summed E-state index contributed by atoms with van der Waals surface area (Å²) in [6.45, 7) is 0. The summed E-state index contributed by atoms with van der Waals surface area (Å²) < 4.78 is 26.5. The highest BCUT2D eigenvalue weighted by atomic mass is 35.5. The van der Waals surface area contributed by atoms with E-state index in [0.29, 0.717) is 10.0 Å². The maximum atomic E-state index is 12.8. The number of carboxylic acid groups (broad SMARTS) is 1. The van der Waals surface area contributed by atoms with E-state index in [4.69, 9.17) is 23.2 Å². The van der Waals surface area contributed by atoms with E-state index in [1.807, 2.05) is 0 Å². The lowest BCUT2D eigenvalue weighted by atomic mass is 10.2. The minimum absolute atomic E-state index is 0.00527. The lowest BCUT2D eigenvalue weighted by molar-refractivity contribution is 0.0699. The summed E-state index contributed by atoms with van der Waals surface area (Å²) in [5.41, 5.74) is 0.0989. The zero-order chi connectivity index (χ0) is 16.8. The number of nitrogens with zero attached hydrogens (tertiary/aromatic N) is 1. The molecule has 0 atom stereocenters. The number of aromatic nitrogens is 1. The smallest absolute Gasteiger partial charge is 0.337 e. The quantitative estimate of drug-likeness (QED) is 0.759. The van der Waals surface area contributed by atoms with Crippen LogP contribution in [0.15, 0.2) is 53.6 Å². The summed E-state index contributed by atoms with van der Waals surface area (Å²) in [4.78, 5) is 11.4. The third-order valence-electron chi connectivity index (χ3n) is 3.33. The number of carboxylic acids is 1. The first-order chi connectivity index (χ1) is 10.8. The Hall–Kier alpha value is -2.02. The SMILES string of the molecule is O=C(O)c1cn(S(=O)(=O)c2ccc(Cl)cc2)c2ccc(Cl)cc12. The molecular formula is C15H9Cl2NO4S. The van der Waals surface area contributed by atoms with Gasteiger partial charge in [0.1, 0.15) is 0 Å². The van der Waals surface area contributed by atoms with Gasteiger partial charge in [0, 0.05) is 21.6 Å². The Balaban J connectivity index is 2.31. The van der Waals surface area contributed by atoms with Crippen LogP contribution in [0.4, 0.5) is 0 Å². The van der Waals surface area contributed by atoms with Crippen molar-refractivity contribution in [2.45, 2.75) is 4.90 Å². The van der Waals surface area contributed by atoms with E-state index < -0.39 is 16.0 Å². The summed E-state index contributed by atoms with van der Waals surface area (Å²) in [5.74, 6) is -1.23. The zero-order valence-corrected chi connectivity index (χ0v) is 13.7. The molecule has 0 amide bonds. The van der Waals surface area contributed by atoms with Gasteiger partial charge in [-0.2, -0.15) is 0 Å². The molecule has 118 valence electrons. The van der Waals surface area contributed by atoms with Gasteiger partial charge in [0.15, 0.2) is 0 Å². The van der Waals surface area contributed by atoms with Crippen molar-refractivity contribution in [1.29, 1.82) is 0 Å². The maximum absolute atomic E-state index is 12.8. The average Bonchev–Trinajstić information content (AvgIpc) is 2.87. The first-order valence-electron chi connectivity index (χ1n) is 6.36. The minimum Gasteiger partial charge on any atom is -0.478 e. The van der Waals surface area contributed by atoms with Crippen molar-refractivity contribution in [2.75, 3.05) is 0 Å². The molecule has 1 aromatic heterocycles. The van der Waals surface area contributed by atoms with Crippen LogP contribution in [0, 0.1) is 0 Å². The van der Waals surface area contributed by atoms with E-state index in [2.05, 4.69) is 0 Å². The molecule has 0 fully saturated rings. The van der Waals surface area contributed by atoms with E-state index in [-0.39, 0.29) is 21.4 Å². The molecular weight excluding hydrogens is 361 g/mol. The molecule has 3 aromatic rings. The standard InChI is InChI=1S/C15H9Cl2NO4S/c16-9-1-4-11(5-2-9)23(21,22)18-8-13(15(19)20)12-7-10(17)3-6-14(12)18/h1-8H,(H,19,20). The van der Waals surface area contributed by atoms with Gasteiger partial charge < -0.3 is 5.11 Å². The van der Waals surface area contributed by atoms with Crippen LogP contribution in [0.25, 0.3) is 10.9 Å². The van der Waals surface area contributed by atoms with Crippen molar-refractivity contribution < 1.29 is 18.3 Å². The number of aromatic carboxylic acids is 1. The largest absolute Gasteiger partial charge is 0.478 e. The average molecular weight is 370 g/mol. The van der Waals surface area contributed by atoms with Crippen molar-refractivity contribution in [2.24, 2.45) is 0 Å². The molecule has 0 radical (unpaired) electrons. The third kappa shape index (κ3) is 2.69. The van der Waals surface area contributed by atoms with Crippen molar-refractivity contribution in [3.8, 4) is 0 Å². The molecule has 0 aliphatic carbocycles. The Bertz CT molecular complexity index is 1020. The van der Waals surface area contributed by atoms with Crippen LogP contribution in [0.3, 0.4) is 0 Å². The first-order valence-corrected chi connectivity index (χ1v) is 8.55. The van der Waals surface area contributed by atoms with Crippen LogP contribution in [-0.4, -0.2) is 23.5 Å². The molecule has 2 aromatic carbocycles. The predicted molar refractivity (Wildman–Crippen MR) is 87.9 cm³/mol. The van der Waals surface area contributed by atoms with Crippen molar-refractivity contribution in [3.63, 3.8) is 0 Å². The molecule has 23 heavy (non-hydrogen) atoms.